The first-order valence-corrected chi connectivity index (χ1v) is 4.80. The maximum Gasteiger partial charge on any atom is 0.174 e. The Hall–Kier alpha value is -1.82. The zero-order chi connectivity index (χ0) is 11.1. The third kappa shape index (κ3) is 4.28. The second kappa shape index (κ2) is 5.82. The van der Waals surface area contributed by atoms with Crippen molar-refractivity contribution in [2.75, 3.05) is 6.61 Å². The van der Waals surface area contributed by atoms with Gasteiger partial charge >= 0.3 is 0 Å². The molecule has 3 nitrogen and oxygen atoms in total. The second-order valence-corrected chi connectivity index (χ2v) is 3.29. The lowest BCUT2D eigenvalue weighted by Crippen LogP contribution is -1.95. The molecule has 78 valence electrons. The molecule has 1 aromatic rings. The molecule has 0 atom stereocenters. The Morgan fingerprint density at radius 2 is 2.07 bits per heavy atom. The van der Waals surface area contributed by atoms with E-state index in [0.717, 1.165) is 12.0 Å². The number of hydrogen-bond donors (Lipinski definition) is 0. The summed E-state index contributed by atoms with van der Waals surface area (Å²) in [6.45, 7) is 1.65. The van der Waals surface area contributed by atoms with E-state index in [1.165, 1.54) is 0 Å². The van der Waals surface area contributed by atoms with Gasteiger partial charge in [0.2, 0.25) is 0 Å². The number of carbonyl (C=O) groups is 1. The van der Waals surface area contributed by atoms with Crippen LogP contribution in [-0.2, 0) is 11.2 Å². The molecule has 0 unspecified atom stereocenters. The van der Waals surface area contributed by atoms with Crippen molar-refractivity contribution < 1.29 is 9.53 Å². The lowest BCUT2D eigenvalue weighted by Gasteiger charge is -2.03. The fourth-order valence-corrected chi connectivity index (χ4v) is 1.19. The third-order valence-corrected chi connectivity index (χ3v) is 1.99. The standard InChI is InChI=1S/C12H13NO2/c1-10(14)2-3-11-4-6-12(7-5-11)15-9-8-13/h4-7H,2-3,9H2,1H3. The lowest BCUT2D eigenvalue weighted by molar-refractivity contribution is -0.116. The average Bonchev–Trinajstić information content (AvgIpc) is 2.25. The van der Waals surface area contributed by atoms with Gasteiger partial charge in [0.1, 0.15) is 17.6 Å². The van der Waals surface area contributed by atoms with Crippen molar-refractivity contribution in [2.24, 2.45) is 0 Å². The van der Waals surface area contributed by atoms with Crippen LogP contribution in [0.1, 0.15) is 18.9 Å². The molecule has 0 aromatic heterocycles. The first kappa shape index (κ1) is 11.3. The number of Topliss-reactive ketones (excluding diaryl/α,β-unsaturated/α-hetero) is 1. The Morgan fingerprint density at radius 1 is 1.40 bits per heavy atom. The molecule has 15 heavy (non-hydrogen) atoms. The summed E-state index contributed by atoms with van der Waals surface area (Å²) in [5, 5.41) is 8.31. The van der Waals surface area contributed by atoms with Gasteiger partial charge in [-0.1, -0.05) is 12.1 Å². The molecule has 0 bridgehead atoms. The molecule has 0 spiro atoms. The minimum absolute atomic E-state index is 0.0623. The molecule has 1 aromatic carbocycles. The summed E-state index contributed by atoms with van der Waals surface area (Å²) in [5.74, 6) is 0.878. The van der Waals surface area contributed by atoms with Crippen LogP contribution in [0.15, 0.2) is 24.3 Å². The molecule has 0 N–H and O–H groups in total. The predicted molar refractivity (Wildman–Crippen MR) is 56.6 cm³/mol. The topological polar surface area (TPSA) is 50.1 Å². The van der Waals surface area contributed by atoms with Gasteiger partial charge in [0, 0.05) is 6.42 Å². The monoisotopic (exact) mass is 203 g/mol. The molecule has 0 aliphatic heterocycles. The number of rotatable bonds is 5. The summed E-state index contributed by atoms with van der Waals surface area (Å²) in [6.07, 6.45) is 1.33. The minimum Gasteiger partial charge on any atom is -0.479 e. The van der Waals surface area contributed by atoms with Gasteiger partial charge in [0.05, 0.1) is 0 Å². The molecular formula is C12H13NO2. The summed E-state index contributed by atoms with van der Waals surface area (Å²) >= 11 is 0. The largest absolute Gasteiger partial charge is 0.479 e. The van der Waals surface area contributed by atoms with Gasteiger partial charge in [-0.05, 0) is 31.0 Å². The second-order valence-electron chi connectivity index (χ2n) is 3.29. The van der Waals surface area contributed by atoms with Crippen molar-refractivity contribution >= 4 is 5.78 Å². The number of aryl methyl sites for hydroxylation is 1. The minimum atomic E-state index is 0.0623. The van der Waals surface area contributed by atoms with Crippen LogP contribution in [0.2, 0.25) is 0 Å². The predicted octanol–water partition coefficient (Wildman–Crippen LogP) is 2.11. The van der Waals surface area contributed by atoms with Crippen LogP contribution < -0.4 is 4.74 Å². The Morgan fingerprint density at radius 3 is 2.60 bits per heavy atom. The van der Waals surface area contributed by atoms with Gasteiger partial charge in [-0.3, -0.25) is 0 Å². The molecule has 0 saturated heterocycles. The molecule has 0 aliphatic rings. The van der Waals surface area contributed by atoms with Crippen molar-refractivity contribution in [3.05, 3.63) is 29.8 Å². The Labute approximate surface area is 89.3 Å². The SMILES string of the molecule is CC(=O)CCc1ccc(OCC#N)cc1. The molecule has 0 saturated carbocycles. The van der Waals surface area contributed by atoms with Crippen LogP contribution in [0.4, 0.5) is 0 Å². The van der Waals surface area contributed by atoms with Crippen LogP contribution in [0.25, 0.3) is 0 Å². The summed E-state index contributed by atoms with van der Waals surface area (Å²) in [4.78, 5) is 10.8. The van der Waals surface area contributed by atoms with E-state index in [2.05, 4.69) is 0 Å². The highest BCUT2D eigenvalue weighted by atomic mass is 16.5. The van der Waals surface area contributed by atoms with Crippen LogP contribution in [0.3, 0.4) is 0 Å². The number of nitriles is 1. The number of ketones is 1. The van der Waals surface area contributed by atoms with Crippen molar-refractivity contribution in [3.8, 4) is 11.8 Å². The summed E-state index contributed by atoms with van der Waals surface area (Å²) < 4.78 is 5.11. The van der Waals surface area contributed by atoms with Crippen molar-refractivity contribution in [2.45, 2.75) is 19.8 Å². The van der Waals surface area contributed by atoms with E-state index in [-0.39, 0.29) is 12.4 Å². The fourth-order valence-electron chi connectivity index (χ4n) is 1.19. The van der Waals surface area contributed by atoms with E-state index >= 15 is 0 Å². The number of nitrogens with zero attached hydrogens (tertiary/aromatic N) is 1. The molecular weight excluding hydrogens is 190 g/mol. The number of ether oxygens (including phenoxy) is 1. The number of carbonyl (C=O) groups excluding carboxylic acids is 1. The van der Waals surface area contributed by atoms with Crippen molar-refractivity contribution in [1.82, 2.24) is 0 Å². The van der Waals surface area contributed by atoms with Crippen molar-refractivity contribution in [3.63, 3.8) is 0 Å². The Balaban J connectivity index is 2.49. The van der Waals surface area contributed by atoms with Gasteiger partial charge < -0.3 is 9.53 Å². The van der Waals surface area contributed by atoms with Gasteiger partial charge in [0.15, 0.2) is 6.61 Å². The van der Waals surface area contributed by atoms with Crippen LogP contribution in [0, 0.1) is 11.3 Å². The van der Waals surface area contributed by atoms with E-state index in [0.29, 0.717) is 12.2 Å². The lowest BCUT2D eigenvalue weighted by atomic mass is 10.1. The maximum atomic E-state index is 10.8. The van der Waals surface area contributed by atoms with Crippen molar-refractivity contribution in [1.29, 1.82) is 5.26 Å². The highest BCUT2D eigenvalue weighted by molar-refractivity contribution is 5.75. The zero-order valence-corrected chi connectivity index (χ0v) is 8.69. The van der Waals surface area contributed by atoms with Crippen LogP contribution in [0.5, 0.6) is 5.75 Å². The van der Waals surface area contributed by atoms with Gasteiger partial charge in [-0.15, -0.1) is 0 Å². The molecule has 3 heteroatoms. The fraction of sp³-hybridized carbons (Fsp3) is 0.333. The Bertz CT molecular complexity index is 362. The maximum absolute atomic E-state index is 10.8. The van der Waals surface area contributed by atoms with Gasteiger partial charge in [-0.25, -0.2) is 0 Å². The van der Waals surface area contributed by atoms with Crippen LogP contribution in [-0.4, -0.2) is 12.4 Å². The molecule has 0 radical (unpaired) electrons. The molecule has 0 aliphatic carbocycles. The highest BCUT2D eigenvalue weighted by Crippen LogP contribution is 2.13. The van der Waals surface area contributed by atoms with Crippen LogP contribution >= 0.6 is 0 Å². The highest BCUT2D eigenvalue weighted by Gasteiger charge is 1.97. The van der Waals surface area contributed by atoms with E-state index in [4.69, 9.17) is 10.00 Å². The molecule has 1 rings (SSSR count). The Kier molecular flexibility index (Phi) is 4.36. The summed E-state index contributed by atoms with van der Waals surface area (Å²) in [7, 11) is 0. The first-order valence-electron chi connectivity index (χ1n) is 4.80. The summed E-state index contributed by atoms with van der Waals surface area (Å²) in [5.41, 5.74) is 1.11. The zero-order valence-electron chi connectivity index (χ0n) is 8.69. The van der Waals surface area contributed by atoms with E-state index in [1.807, 2.05) is 30.3 Å². The van der Waals surface area contributed by atoms with Gasteiger partial charge in [-0.2, -0.15) is 5.26 Å². The average molecular weight is 203 g/mol. The van der Waals surface area contributed by atoms with E-state index < -0.39 is 0 Å². The molecule has 0 heterocycles. The third-order valence-electron chi connectivity index (χ3n) is 1.99. The van der Waals surface area contributed by atoms with E-state index in [9.17, 15) is 4.79 Å². The number of benzene rings is 1. The first-order chi connectivity index (χ1) is 7.22. The quantitative estimate of drug-likeness (QED) is 0.736. The smallest absolute Gasteiger partial charge is 0.174 e. The molecule has 0 fully saturated rings. The normalized spacial score (nSPS) is 9.33. The van der Waals surface area contributed by atoms with Gasteiger partial charge in [0.25, 0.3) is 0 Å². The summed E-state index contributed by atoms with van der Waals surface area (Å²) in [6, 6.07) is 9.35. The molecule has 0 amide bonds. The number of hydrogen-bond acceptors (Lipinski definition) is 3. The van der Waals surface area contributed by atoms with E-state index in [1.54, 1.807) is 6.92 Å².